The summed E-state index contributed by atoms with van der Waals surface area (Å²) in [6.45, 7) is 0.275. The molecule has 1 fully saturated rings. The van der Waals surface area contributed by atoms with Crippen LogP contribution in [-0.4, -0.2) is 33.8 Å². The fraction of sp³-hybridized carbons (Fsp3) is 0.600. The van der Waals surface area contributed by atoms with E-state index in [4.69, 9.17) is 34.8 Å². The predicted octanol–water partition coefficient (Wildman–Crippen LogP) is 1.34. The fourth-order valence-electron chi connectivity index (χ4n) is 0.731. The maximum atomic E-state index is 11.1. The molecule has 2 amide bonds. The summed E-state index contributed by atoms with van der Waals surface area (Å²) in [4.78, 5) is 22.6. The van der Waals surface area contributed by atoms with Crippen LogP contribution in [0.3, 0.4) is 0 Å². The lowest BCUT2D eigenvalue weighted by atomic mass is 10.5. The molecular weight excluding hydrogens is 228 g/mol. The molecule has 1 rings (SSSR count). The molecule has 0 spiro atoms. The molecule has 1 saturated heterocycles. The van der Waals surface area contributed by atoms with Crippen molar-refractivity contribution in [2.24, 2.45) is 0 Å². The molecule has 0 aromatic carbocycles. The van der Waals surface area contributed by atoms with Gasteiger partial charge < -0.3 is 4.74 Å². The summed E-state index contributed by atoms with van der Waals surface area (Å²) in [7, 11) is 0. The van der Waals surface area contributed by atoms with Crippen LogP contribution >= 0.6 is 34.8 Å². The third-order valence-electron chi connectivity index (χ3n) is 1.25. The van der Waals surface area contributed by atoms with Gasteiger partial charge in [-0.25, -0.2) is 9.69 Å². The van der Waals surface area contributed by atoms with Crippen molar-refractivity contribution in [1.82, 2.24) is 4.90 Å². The molecule has 1 heterocycles. The van der Waals surface area contributed by atoms with Gasteiger partial charge in [-0.3, -0.25) is 4.79 Å². The Balaban J connectivity index is 2.71. The van der Waals surface area contributed by atoms with Crippen LogP contribution in [0.15, 0.2) is 0 Å². The number of carbonyl (C=O) groups is 2. The highest BCUT2D eigenvalue weighted by atomic mass is 35.6. The molecule has 1 aliphatic heterocycles. The van der Waals surface area contributed by atoms with Gasteiger partial charge in [-0.15, -0.1) is 0 Å². The third kappa shape index (κ3) is 1.94. The lowest BCUT2D eigenvalue weighted by Crippen LogP contribution is -2.39. The van der Waals surface area contributed by atoms with E-state index in [1.807, 2.05) is 0 Å². The van der Waals surface area contributed by atoms with Crippen LogP contribution in [0.5, 0.6) is 0 Å². The number of ether oxygens (including phenoxy) is 1. The summed E-state index contributed by atoms with van der Waals surface area (Å²) >= 11 is 15.8. The minimum Gasteiger partial charge on any atom is -0.447 e. The van der Waals surface area contributed by atoms with Crippen molar-refractivity contribution in [3.05, 3.63) is 0 Å². The maximum absolute atomic E-state index is 11.1. The molecule has 0 unspecified atom stereocenters. The quantitative estimate of drug-likeness (QED) is 0.592. The highest BCUT2D eigenvalue weighted by Crippen LogP contribution is 2.29. The van der Waals surface area contributed by atoms with E-state index in [-0.39, 0.29) is 13.2 Å². The molecule has 12 heavy (non-hydrogen) atoms. The van der Waals surface area contributed by atoms with Gasteiger partial charge >= 0.3 is 6.09 Å². The molecule has 7 heteroatoms. The number of halogens is 3. The Morgan fingerprint density at radius 2 is 2.08 bits per heavy atom. The monoisotopic (exact) mass is 231 g/mol. The van der Waals surface area contributed by atoms with Gasteiger partial charge in [0.1, 0.15) is 6.61 Å². The Kier molecular flexibility index (Phi) is 2.70. The number of hydrogen-bond donors (Lipinski definition) is 0. The minimum absolute atomic E-state index is 0.131. The van der Waals surface area contributed by atoms with Gasteiger partial charge in [-0.1, -0.05) is 34.8 Å². The number of alkyl halides is 3. The number of carbonyl (C=O) groups excluding carboxylic acids is 2. The Hall–Kier alpha value is -0.190. The van der Waals surface area contributed by atoms with Crippen molar-refractivity contribution < 1.29 is 14.3 Å². The molecule has 4 nitrogen and oxygen atoms in total. The second-order valence-corrected chi connectivity index (χ2v) is 4.35. The van der Waals surface area contributed by atoms with E-state index >= 15 is 0 Å². The van der Waals surface area contributed by atoms with Gasteiger partial charge in [-0.05, 0) is 0 Å². The summed E-state index contributed by atoms with van der Waals surface area (Å²) in [5.41, 5.74) is 0. The minimum atomic E-state index is -2.09. The lowest BCUT2D eigenvalue weighted by Gasteiger charge is -2.15. The van der Waals surface area contributed by atoms with Gasteiger partial charge in [-0.2, -0.15) is 0 Å². The van der Waals surface area contributed by atoms with E-state index in [0.29, 0.717) is 0 Å². The van der Waals surface area contributed by atoms with Gasteiger partial charge in [0.2, 0.25) is 0 Å². The zero-order valence-electron chi connectivity index (χ0n) is 5.72. The van der Waals surface area contributed by atoms with Crippen molar-refractivity contribution >= 4 is 46.8 Å². The molecule has 0 N–H and O–H groups in total. The van der Waals surface area contributed by atoms with Crippen LogP contribution in [0.4, 0.5) is 4.79 Å². The Labute approximate surface area is 83.3 Å². The van der Waals surface area contributed by atoms with Crippen molar-refractivity contribution in [3.63, 3.8) is 0 Å². The van der Waals surface area contributed by atoms with Crippen molar-refractivity contribution in [2.45, 2.75) is 3.79 Å². The number of hydrogen-bond acceptors (Lipinski definition) is 3. The van der Waals surface area contributed by atoms with Crippen LogP contribution in [0, 0.1) is 0 Å². The summed E-state index contributed by atoms with van der Waals surface area (Å²) < 4.78 is 2.38. The van der Waals surface area contributed by atoms with E-state index in [9.17, 15) is 9.59 Å². The van der Waals surface area contributed by atoms with Crippen LogP contribution in [0.1, 0.15) is 0 Å². The normalized spacial score (nSPS) is 17.9. The van der Waals surface area contributed by atoms with E-state index in [2.05, 4.69) is 4.74 Å². The molecule has 0 radical (unpaired) electrons. The maximum Gasteiger partial charge on any atom is 0.416 e. The largest absolute Gasteiger partial charge is 0.447 e. The molecule has 0 aliphatic carbocycles. The Morgan fingerprint density at radius 1 is 1.50 bits per heavy atom. The molecule has 0 aromatic rings. The van der Waals surface area contributed by atoms with E-state index in [0.717, 1.165) is 4.90 Å². The second-order valence-electron chi connectivity index (χ2n) is 2.07. The molecule has 0 bridgehead atoms. The lowest BCUT2D eigenvalue weighted by molar-refractivity contribution is -0.126. The first kappa shape index (κ1) is 9.89. The molecule has 68 valence electrons. The summed E-state index contributed by atoms with van der Waals surface area (Å²) in [5, 5.41) is 0. The van der Waals surface area contributed by atoms with Gasteiger partial charge in [0.25, 0.3) is 9.70 Å². The zero-order chi connectivity index (χ0) is 9.35. The first-order valence-electron chi connectivity index (χ1n) is 2.98. The molecule has 0 saturated carbocycles. The second kappa shape index (κ2) is 3.28. The van der Waals surface area contributed by atoms with Gasteiger partial charge in [0, 0.05) is 0 Å². The standard InChI is InChI=1S/C5H4Cl3NO3/c6-5(7,8)3(10)9-1-2-12-4(9)11/h1-2H2. The number of nitrogens with zero attached hydrogens (tertiary/aromatic N) is 1. The smallest absolute Gasteiger partial charge is 0.416 e. The van der Waals surface area contributed by atoms with E-state index < -0.39 is 15.8 Å². The van der Waals surface area contributed by atoms with Crippen LogP contribution in [0.2, 0.25) is 0 Å². The Bertz CT molecular complexity index is 224. The summed E-state index contributed by atoms with van der Waals surface area (Å²) in [6.07, 6.45) is -0.772. The highest BCUT2D eigenvalue weighted by molar-refractivity contribution is 6.76. The first-order chi connectivity index (χ1) is 5.43. The van der Waals surface area contributed by atoms with Crippen LogP contribution in [0.25, 0.3) is 0 Å². The fourth-order valence-corrected chi connectivity index (χ4v) is 1.04. The molecular formula is C5H4Cl3NO3. The van der Waals surface area contributed by atoms with Gasteiger partial charge in [0.05, 0.1) is 6.54 Å². The highest BCUT2D eigenvalue weighted by Gasteiger charge is 2.40. The summed E-state index contributed by atoms with van der Waals surface area (Å²) in [5.74, 6) is -0.880. The first-order valence-corrected chi connectivity index (χ1v) is 4.12. The third-order valence-corrected chi connectivity index (χ3v) is 1.73. The van der Waals surface area contributed by atoms with Gasteiger partial charge in [0.15, 0.2) is 0 Å². The van der Waals surface area contributed by atoms with Crippen molar-refractivity contribution in [1.29, 1.82) is 0 Å². The SMILES string of the molecule is O=C1OCCN1C(=O)C(Cl)(Cl)Cl. The number of cyclic esters (lactones) is 1. The Morgan fingerprint density at radius 3 is 2.42 bits per heavy atom. The number of imide groups is 1. The average molecular weight is 232 g/mol. The molecule has 0 atom stereocenters. The topological polar surface area (TPSA) is 46.6 Å². The van der Waals surface area contributed by atoms with E-state index in [1.54, 1.807) is 0 Å². The van der Waals surface area contributed by atoms with Crippen LogP contribution in [-0.2, 0) is 9.53 Å². The van der Waals surface area contributed by atoms with Crippen molar-refractivity contribution in [3.8, 4) is 0 Å². The zero-order valence-corrected chi connectivity index (χ0v) is 7.99. The average Bonchev–Trinajstić information content (AvgIpc) is 2.31. The predicted molar refractivity (Wildman–Crippen MR) is 43.4 cm³/mol. The number of amides is 2. The molecule has 0 aromatic heterocycles. The van der Waals surface area contributed by atoms with Crippen molar-refractivity contribution in [2.75, 3.05) is 13.2 Å². The summed E-state index contributed by atoms with van der Waals surface area (Å²) in [6, 6.07) is 0. The number of rotatable bonds is 0. The molecule has 1 aliphatic rings. The van der Waals surface area contributed by atoms with Crippen LogP contribution < -0.4 is 0 Å². The van der Waals surface area contributed by atoms with E-state index in [1.165, 1.54) is 0 Å².